The van der Waals surface area contributed by atoms with Crippen LogP contribution in [0.3, 0.4) is 0 Å². The standard InChI is InChI=1S/C14H19BrN2O2/c1-10(2)13-4-3-7-16(13)12-5-6-14(17(18)19)11(8-12)9-15/h5-6,8,10,13H,3-4,7,9H2,1-2H3. The lowest BCUT2D eigenvalue weighted by Gasteiger charge is -2.30. The van der Waals surface area contributed by atoms with E-state index in [1.807, 2.05) is 12.1 Å². The molecule has 1 saturated heterocycles. The lowest BCUT2D eigenvalue weighted by Crippen LogP contribution is -2.33. The van der Waals surface area contributed by atoms with E-state index in [2.05, 4.69) is 34.7 Å². The maximum absolute atomic E-state index is 11.0. The molecule has 1 fully saturated rings. The third-order valence-electron chi connectivity index (χ3n) is 3.80. The molecule has 104 valence electrons. The first-order valence-corrected chi connectivity index (χ1v) is 7.76. The van der Waals surface area contributed by atoms with Crippen molar-refractivity contribution in [3.8, 4) is 0 Å². The Morgan fingerprint density at radius 1 is 1.53 bits per heavy atom. The van der Waals surface area contributed by atoms with Crippen molar-refractivity contribution in [2.75, 3.05) is 11.4 Å². The molecule has 1 aliphatic rings. The van der Waals surface area contributed by atoms with E-state index < -0.39 is 0 Å². The first-order valence-electron chi connectivity index (χ1n) is 6.64. The molecule has 0 saturated carbocycles. The molecule has 1 atom stereocenters. The van der Waals surface area contributed by atoms with Gasteiger partial charge in [0.1, 0.15) is 0 Å². The Morgan fingerprint density at radius 2 is 2.26 bits per heavy atom. The van der Waals surface area contributed by atoms with Gasteiger partial charge in [0.2, 0.25) is 0 Å². The molecule has 0 spiro atoms. The average molecular weight is 327 g/mol. The minimum absolute atomic E-state index is 0.195. The van der Waals surface area contributed by atoms with E-state index in [4.69, 9.17) is 0 Å². The summed E-state index contributed by atoms with van der Waals surface area (Å²) in [6.45, 7) is 5.52. The lowest BCUT2D eigenvalue weighted by atomic mass is 10.0. The third-order valence-corrected chi connectivity index (χ3v) is 4.41. The van der Waals surface area contributed by atoms with Crippen molar-refractivity contribution in [2.24, 2.45) is 5.92 Å². The molecular weight excluding hydrogens is 308 g/mol. The van der Waals surface area contributed by atoms with E-state index in [9.17, 15) is 10.1 Å². The van der Waals surface area contributed by atoms with Gasteiger partial charge in [-0.05, 0) is 30.9 Å². The van der Waals surface area contributed by atoms with Gasteiger partial charge in [0.15, 0.2) is 0 Å². The van der Waals surface area contributed by atoms with Gasteiger partial charge in [0, 0.05) is 35.2 Å². The van der Waals surface area contributed by atoms with Gasteiger partial charge in [0.05, 0.1) is 4.92 Å². The topological polar surface area (TPSA) is 46.4 Å². The van der Waals surface area contributed by atoms with Crippen LogP contribution in [0.1, 0.15) is 32.3 Å². The fourth-order valence-electron chi connectivity index (χ4n) is 2.84. The van der Waals surface area contributed by atoms with E-state index in [1.54, 1.807) is 6.07 Å². The van der Waals surface area contributed by atoms with E-state index in [-0.39, 0.29) is 10.6 Å². The highest BCUT2D eigenvalue weighted by Crippen LogP contribution is 2.33. The molecule has 0 aliphatic carbocycles. The van der Waals surface area contributed by atoms with Crippen LogP contribution in [-0.2, 0) is 5.33 Å². The smallest absolute Gasteiger partial charge is 0.273 e. The van der Waals surface area contributed by atoms with Crippen molar-refractivity contribution < 1.29 is 4.92 Å². The zero-order valence-corrected chi connectivity index (χ0v) is 12.9. The number of alkyl halides is 1. The van der Waals surface area contributed by atoms with Crippen LogP contribution in [0.25, 0.3) is 0 Å². The van der Waals surface area contributed by atoms with Crippen molar-refractivity contribution in [1.29, 1.82) is 0 Å². The second-order valence-electron chi connectivity index (χ2n) is 5.35. The SMILES string of the molecule is CC(C)C1CCCN1c1ccc([N+](=O)[O-])c(CBr)c1. The number of nitro groups is 1. The minimum atomic E-state index is -0.315. The van der Waals surface area contributed by atoms with Crippen LogP contribution in [-0.4, -0.2) is 17.5 Å². The number of anilines is 1. The Labute approximate surface area is 122 Å². The van der Waals surface area contributed by atoms with E-state index in [0.29, 0.717) is 17.3 Å². The number of benzene rings is 1. The highest BCUT2D eigenvalue weighted by Gasteiger charge is 2.28. The first kappa shape index (κ1) is 14.3. The Morgan fingerprint density at radius 3 is 2.84 bits per heavy atom. The molecule has 19 heavy (non-hydrogen) atoms. The minimum Gasteiger partial charge on any atom is -0.368 e. The molecular formula is C14H19BrN2O2. The number of hydrogen-bond donors (Lipinski definition) is 0. The number of halogens is 1. The fourth-order valence-corrected chi connectivity index (χ4v) is 3.29. The van der Waals surface area contributed by atoms with Crippen molar-refractivity contribution >= 4 is 27.3 Å². The van der Waals surface area contributed by atoms with Crippen molar-refractivity contribution in [2.45, 2.75) is 38.1 Å². The summed E-state index contributed by atoms with van der Waals surface area (Å²) >= 11 is 3.34. The fraction of sp³-hybridized carbons (Fsp3) is 0.571. The van der Waals surface area contributed by atoms with Crippen LogP contribution < -0.4 is 4.90 Å². The van der Waals surface area contributed by atoms with Crippen LogP contribution >= 0.6 is 15.9 Å². The highest BCUT2D eigenvalue weighted by atomic mass is 79.9. The zero-order chi connectivity index (χ0) is 14.0. The molecule has 0 amide bonds. The molecule has 1 aromatic rings. The predicted octanol–water partition coefficient (Wildman–Crippen LogP) is 4.11. The predicted molar refractivity (Wildman–Crippen MR) is 80.9 cm³/mol. The highest BCUT2D eigenvalue weighted by molar-refractivity contribution is 9.08. The summed E-state index contributed by atoms with van der Waals surface area (Å²) in [5.74, 6) is 0.602. The van der Waals surface area contributed by atoms with Gasteiger partial charge in [-0.15, -0.1) is 0 Å². The number of hydrogen-bond acceptors (Lipinski definition) is 3. The van der Waals surface area contributed by atoms with Crippen LogP contribution in [0.5, 0.6) is 0 Å². The Balaban J connectivity index is 2.33. The molecule has 1 aliphatic heterocycles. The van der Waals surface area contributed by atoms with Gasteiger partial charge < -0.3 is 4.90 Å². The number of nitro benzene ring substituents is 1. The summed E-state index contributed by atoms with van der Waals surface area (Å²) in [5, 5.41) is 11.5. The first-order chi connectivity index (χ1) is 9.04. The van der Waals surface area contributed by atoms with Gasteiger partial charge in [-0.2, -0.15) is 0 Å². The summed E-state index contributed by atoms with van der Waals surface area (Å²) in [6, 6.07) is 6.00. The van der Waals surface area contributed by atoms with Crippen LogP contribution in [0.2, 0.25) is 0 Å². The lowest BCUT2D eigenvalue weighted by molar-refractivity contribution is -0.385. The van der Waals surface area contributed by atoms with Gasteiger partial charge in [-0.3, -0.25) is 10.1 Å². The van der Waals surface area contributed by atoms with E-state index >= 15 is 0 Å². The van der Waals surface area contributed by atoms with Crippen LogP contribution in [0.4, 0.5) is 11.4 Å². The maximum atomic E-state index is 11.0. The van der Waals surface area contributed by atoms with Gasteiger partial charge in [-0.1, -0.05) is 29.8 Å². The largest absolute Gasteiger partial charge is 0.368 e. The average Bonchev–Trinajstić information content (AvgIpc) is 2.87. The second kappa shape index (κ2) is 5.90. The summed E-state index contributed by atoms with van der Waals surface area (Å²) in [4.78, 5) is 13.0. The van der Waals surface area contributed by atoms with Gasteiger partial charge >= 0.3 is 0 Å². The second-order valence-corrected chi connectivity index (χ2v) is 5.91. The molecule has 5 heteroatoms. The molecule has 1 heterocycles. The van der Waals surface area contributed by atoms with Crippen LogP contribution in [0, 0.1) is 16.0 Å². The van der Waals surface area contributed by atoms with E-state index in [1.165, 1.54) is 12.8 Å². The summed E-state index contributed by atoms with van der Waals surface area (Å²) in [7, 11) is 0. The van der Waals surface area contributed by atoms with Crippen molar-refractivity contribution in [1.82, 2.24) is 0 Å². The summed E-state index contributed by atoms with van der Waals surface area (Å²) in [5.41, 5.74) is 2.05. The van der Waals surface area contributed by atoms with E-state index in [0.717, 1.165) is 17.8 Å². The molecule has 1 aromatic carbocycles. The van der Waals surface area contributed by atoms with Crippen molar-refractivity contribution in [3.05, 3.63) is 33.9 Å². The van der Waals surface area contributed by atoms with Crippen molar-refractivity contribution in [3.63, 3.8) is 0 Å². The number of rotatable bonds is 4. The molecule has 2 rings (SSSR count). The Kier molecular flexibility index (Phi) is 4.45. The van der Waals surface area contributed by atoms with Gasteiger partial charge in [0.25, 0.3) is 5.69 Å². The summed E-state index contributed by atoms with van der Waals surface area (Å²) in [6.07, 6.45) is 2.40. The summed E-state index contributed by atoms with van der Waals surface area (Å²) < 4.78 is 0. The molecule has 1 unspecified atom stereocenters. The molecule has 0 N–H and O–H groups in total. The molecule has 4 nitrogen and oxygen atoms in total. The van der Waals surface area contributed by atoms with Crippen LogP contribution in [0.15, 0.2) is 18.2 Å². The molecule has 0 bridgehead atoms. The Hall–Kier alpha value is -1.10. The maximum Gasteiger partial charge on any atom is 0.273 e. The van der Waals surface area contributed by atoms with Gasteiger partial charge in [-0.25, -0.2) is 0 Å². The monoisotopic (exact) mass is 326 g/mol. The molecule has 0 aromatic heterocycles. The Bertz CT molecular complexity index is 477. The quantitative estimate of drug-likeness (QED) is 0.475. The zero-order valence-electron chi connectivity index (χ0n) is 11.3. The normalized spacial score (nSPS) is 19.2. The molecule has 0 radical (unpaired) electrons. The third kappa shape index (κ3) is 2.91. The number of nitrogens with zero attached hydrogens (tertiary/aromatic N) is 2.